The van der Waals surface area contributed by atoms with Gasteiger partial charge in [-0.05, 0) is 39.8 Å². The molecular formula is C59H65NO11. The molecule has 8 rings (SSSR count). The highest BCUT2D eigenvalue weighted by atomic mass is 16.8. The molecule has 0 aromatic heterocycles. The molecule has 372 valence electrons. The molecule has 0 aliphatic carbocycles. The summed E-state index contributed by atoms with van der Waals surface area (Å²) in [6.45, 7) is 2.15. The minimum atomic E-state index is -1.10. The Labute approximate surface area is 418 Å². The van der Waals surface area contributed by atoms with Gasteiger partial charge < -0.3 is 52.1 Å². The lowest BCUT2D eigenvalue weighted by atomic mass is 9.95. The number of methoxy groups -OCH3 is 1. The van der Waals surface area contributed by atoms with Gasteiger partial charge in [-0.1, -0.05) is 182 Å². The van der Waals surface area contributed by atoms with Gasteiger partial charge in [-0.15, -0.1) is 0 Å². The van der Waals surface area contributed by atoms with Crippen LogP contribution in [0.5, 0.6) is 0 Å². The lowest BCUT2D eigenvalue weighted by Gasteiger charge is -2.50. The molecule has 2 aliphatic heterocycles. The fraction of sp³-hybridized carbons (Fsp3) is 0.373. The molecule has 12 heteroatoms. The van der Waals surface area contributed by atoms with Crippen LogP contribution in [0, 0.1) is 11.3 Å². The van der Waals surface area contributed by atoms with E-state index in [1.54, 1.807) is 7.11 Å². The van der Waals surface area contributed by atoms with Crippen LogP contribution in [-0.2, 0) is 91.7 Å². The zero-order valence-electron chi connectivity index (χ0n) is 40.3. The maximum atomic E-state index is 9.43. The SMILES string of the molecule is CO[C@@H]1O[C@H](COCc2ccccc2)[C@H](O[C@H]2O[C@H](COCc3ccccc3)[C@H](OCc3ccccc3)[C@H](OCc3ccccc3)[C@H]2OCc2ccccc2)[C@H](OCc2ccccc2)[C@H]1OCCCC#N. The van der Waals surface area contributed by atoms with E-state index in [2.05, 4.69) is 6.07 Å². The maximum Gasteiger partial charge on any atom is 0.187 e. The summed E-state index contributed by atoms with van der Waals surface area (Å²) >= 11 is 0. The van der Waals surface area contributed by atoms with E-state index in [0.717, 1.165) is 33.4 Å². The Morgan fingerprint density at radius 2 is 0.732 bits per heavy atom. The molecule has 0 radical (unpaired) electrons. The monoisotopic (exact) mass is 963 g/mol. The van der Waals surface area contributed by atoms with Gasteiger partial charge in [0.05, 0.1) is 58.9 Å². The molecular weight excluding hydrogens is 899 g/mol. The molecule has 2 heterocycles. The first-order valence-electron chi connectivity index (χ1n) is 24.5. The normalized spacial score (nSPS) is 24.3. The summed E-state index contributed by atoms with van der Waals surface area (Å²) in [5, 5.41) is 9.43. The van der Waals surface area contributed by atoms with Gasteiger partial charge in [0.2, 0.25) is 0 Å². The van der Waals surface area contributed by atoms with Crippen LogP contribution in [0.3, 0.4) is 0 Å². The van der Waals surface area contributed by atoms with Crippen LogP contribution >= 0.6 is 0 Å². The topological polar surface area (TPSA) is 125 Å². The summed E-state index contributed by atoms with van der Waals surface area (Å²) in [5.74, 6) is 0. The number of rotatable bonds is 27. The second-order valence-electron chi connectivity index (χ2n) is 17.6. The van der Waals surface area contributed by atoms with Crippen molar-refractivity contribution in [1.29, 1.82) is 5.26 Å². The minimum absolute atomic E-state index is 0.106. The van der Waals surface area contributed by atoms with Gasteiger partial charge in [0.15, 0.2) is 12.6 Å². The molecule has 0 spiro atoms. The smallest absolute Gasteiger partial charge is 0.187 e. The van der Waals surface area contributed by atoms with Crippen molar-refractivity contribution in [1.82, 2.24) is 0 Å². The van der Waals surface area contributed by atoms with Crippen molar-refractivity contribution in [3.63, 3.8) is 0 Å². The Bertz CT molecular complexity index is 2400. The molecule has 2 aliphatic rings. The van der Waals surface area contributed by atoms with Crippen LogP contribution in [0.4, 0.5) is 0 Å². The van der Waals surface area contributed by atoms with E-state index < -0.39 is 61.4 Å². The summed E-state index contributed by atoms with van der Waals surface area (Å²) in [5.41, 5.74) is 5.89. The minimum Gasteiger partial charge on any atom is -0.374 e. The molecule has 12 nitrogen and oxygen atoms in total. The molecule has 2 saturated heterocycles. The number of unbranched alkanes of at least 4 members (excludes halogenated alkanes) is 1. The van der Waals surface area contributed by atoms with E-state index in [0.29, 0.717) is 26.1 Å². The zero-order valence-corrected chi connectivity index (χ0v) is 40.3. The fourth-order valence-electron chi connectivity index (χ4n) is 8.75. The summed E-state index contributed by atoms with van der Waals surface area (Å²) in [7, 11) is 1.58. The van der Waals surface area contributed by atoms with E-state index in [9.17, 15) is 5.26 Å². The average Bonchev–Trinajstić information content (AvgIpc) is 3.42. The van der Waals surface area contributed by atoms with E-state index >= 15 is 0 Å². The van der Waals surface area contributed by atoms with Crippen LogP contribution in [0.2, 0.25) is 0 Å². The zero-order chi connectivity index (χ0) is 48.7. The second kappa shape index (κ2) is 28.4. The molecule has 71 heavy (non-hydrogen) atoms. The number of hydrogen-bond acceptors (Lipinski definition) is 12. The Morgan fingerprint density at radius 3 is 1.14 bits per heavy atom. The van der Waals surface area contributed by atoms with Crippen LogP contribution in [-0.4, -0.2) is 88.3 Å². The van der Waals surface area contributed by atoms with Crippen molar-refractivity contribution in [2.45, 2.75) is 114 Å². The van der Waals surface area contributed by atoms with Crippen molar-refractivity contribution >= 4 is 0 Å². The third kappa shape index (κ3) is 15.7. The summed E-state index contributed by atoms with van der Waals surface area (Å²) < 4.78 is 75.0. The first kappa shape index (κ1) is 51.7. The van der Waals surface area contributed by atoms with Gasteiger partial charge in [0.1, 0.15) is 48.8 Å². The highest BCUT2D eigenvalue weighted by Crippen LogP contribution is 2.37. The molecule has 0 amide bonds. The Balaban J connectivity index is 1.19. The second-order valence-corrected chi connectivity index (χ2v) is 17.6. The summed E-state index contributed by atoms with van der Waals surface area (Å²) in [4.78, 5) is 0. The van der Waals surface area contributed by atoms with Crippen LogP contribution in [0.15, 0.2) is 182 Å². The standard InChI is InChI=1S/C59H65NO11/c1-61-58-56(64-35-21-20-34-60)55(67-40-48-30-16-6-17-31-48)53(51(69-58)43-63-37-45-24-10-3-11-25-45)71-59-57(68-41-49-32-18-7-19-33-49)54(66-39-47-28-14-5-15-29-47)52(65-38-46-26-12-4-13-27-46)50(70-59)42-62-36-44-22-8-2-9-23-44/h2-19,22-33,50-59H,20-21,35-43H2,1H3/t50-,51-,52+,53+,54+,55+,56-,57-,58-,59-/m1/s1. The van der Waals surface area contributed by atoms with Gasteiger partial charge in [0, 0.05) is 20.1 Å². The molecule has 6 aromatic carbocycles. The van der Waals surface area contributed by atoms with Gasteiger partial charge in [-0.25, -0.2) is 0 Å². The van der Waals surface area contributed by atoms with E-state index in [4.69, 9.17) is 52.1 Å². The Hall–Kier alpha value is -5.63. The maximum absolute atomic E-state index is 9.43. The molecule has 0 saturated carbocycles. The predicted molar refractivity (Wildman–Crippen MR) is 266 cm³/mol. The molecule has 0 bridgehead atoms. The average molecular weight is 964 g/mol. The number of ether oxygens (including phenoxy) is 11. The number of hydrogen-bond donors (Lipinski definition) is 0. The van der Waals surface area contributed by atoms with Crippen molar-refractivity contribution in [2.24, 2.45) is 0 Å². The first-order chi connectivity index (χ1) is 35.1. The van der Waals surface area contributed by atoms with Gasteiger partial charge in [0.25, 0.3) is 0 Å². The van der Waals surface area contributed by atoms with E-state index in [1.165, 1.54) is 0 Å². The third-order valence-corrected chi connectivity index (χ3v) is 12.4. The number of nitrogens with zero attached hydrogens (tertiary/aromatic N) is 1. The van der Waals surface area contributed by atoms with Gasteiger partial charge in [-0.2, -0.15) is 5.26 Å². The quantitative estimate of drug-likeness (QED) is 0.0457. The largest absolute Gasteiger partial charge is 0.374 e. The molecule has 10 atom stereocenters. The van der Waals surface area contributed by atoms with Crippen molar-refractivity contribution in [2.75, 3.05) is 26.9 Å². The van der Waals surface area contributed by atoms with Gasteiger partial charge >= 0.3 is 0 Å². The Morgan fingerprint density at radius 1 is 0.394 bits per heavy atom. The van der Waals surface area contributed by atoms with Crippen LogP contribution in [0.1, 0.15) is 46.2 Å². The lowest BCUT2D eigenvalue weighted by Crippen LogP contribution is -2.66. The molecule has 6 aromatic rings. The van der Waals surface area contributed by atoms with Crippen LogP contribution < -0.4 is 0 Å². The van der Waals surface area contributed by atoms with Crippen LogP contribution in [0.25, 0.3) is 0 Å². The Kier molecular flexibility index (Phi) is 20.7. The lowest BCUT2D eigenvalue weighted by molar-refractivity contribution is -0.375. The predicted octanol–water partition coefficient (Wildman–Crippen LogP) is 9.93. The summed E-state index contributed by atoms with van der Waals surface area (Å²) in [6, 6.07) is 62.2. The van der Waals surface area contributed by atoms with Crippen molar-refractivity contribution < 1.29 is 52.1 Å². The molecule has 0 N–H and O–H groups in total. The summed E-state index contributed by atoms with van der Waals surface area (Å²) in [6.07, 6.45) is -7.44. The van der Waals surface area contributed by atoms with Gasteiger partial charge in [-0.3, -0.25) is 0 Å². The van der Waals surface area contributed by atoms with Crippen molar-refractivity contribution in [3.05, 3.63) is 215 Å². The number of nitriles is 1. The van der Waals surface area contributed by atoms with E-state index in [-0.39, 0.29) is 46.2 Å². The third-order valence-electron chi connectivity index (χ3n) is 12.4. The number of benzene rings is 6. The fourth-order valence-corrected chi connectivity index (χ4v) is 8.75. The first-order valence-corrected chi connectivity index (χ1v) is 24.5. The van der Waals surface area contributed by atoms with Crippen molar-refractivity contribution in [3.8, 4) is 6.07 Å². The van der Waals surface area contributed by atoms with E-state index in [1.807, 2.05) is 182 Å². The highest BCUT2D eigenvalue weighted by molar-refractivity contribution is 5.18. The molecule has 0 unspecified atom stereocenters. The highest BCUT2D eigenvalue weighted by Gasteiger charge is 2.54. The molecule has 2 fully saturated rings.